The largest absolute Gasteiger partial charge is 0.490 e. The van der Waals surface area contributed by atoms with Crippen LogP contribution < -0.4 is 4.74 Å². The summed E-state index contributed by atoms with van der Waals surface area (Å²) in [5.41, 5.74) is -0.0848. The van der Waals surface area contributed by atoms with Crippen LogP contribution in [-0.4, -0.2) is 161 Å². The zero-order valence-electron chi connectivity index (χ0n) is 30.2. The van der Waals surface area contributed by atoms with Gasteiger partial charge in [0.1, 0.15) is 17.3 Å². The Morgan fingerprint density at radius 1 is 0.685 bits per heavy atom. The van der Waals surface area contributed by atoms with Gasteiger partial charge < -0.3 is 30.3 Å². The maximum Gasteiger partial charge on any atom is 0.317 e. The normalized spacial score (nSPS) is 13.2. The minimum atomic E-state index is -5.28. The fraction of sp³-hybridized carbons (Fsp3) is 0.656. The van der Waals surface area contributed by atoms with Gasteiger partial charge in [-0.2, -0.15) is 16.8 Å². The van der Waals surface area contributed by atoms with Crippen molar-refractivity contribution in [2.45, 2.75) is 81.0 Å². The number of aliphatic carboxylic acids is 5. The molecule has 22 heteroatoms. The molecule has 0 aliphatic heterocycles. The van der Waals surface area contributed by atoms with E-state index in [1.54, 1.807) is 6.92 Å². The molecule has 0 spiro atoms. The van der Waals surface area contributed by atoms with Gasteiger partial charge in [0, 0.05) is 19.6 Å². The van der Waals surface area contributed by atoms with Crippen molar-refractivity contribution in [3.63, 3.8) is 0 Å². The van der Waals surface area contributed by atoms with Gasteiger partial charge in [0.05, 0.1) is 43.7 Å². The molecule has 0 heterocycles. The molecule has 54 heavy (non-hydrogen) atoms. The van der Waals surface area contributed by atoms with E-state index in [2.05, 4.69) is 6.92 Å². The van der Waals surface area contributed by atoms with Gasteiger partial charge in [0.15, 0.2) is 0 Å². The van der Waals surface area contributed by atoms with E-state index in [1.165, 1.54) is 0 Å². The number of benzene rings is 1. The van der Waals surface area contributed by atoms with Crippen LogP contribution in [0.1, 0.15) is 64.4 Å². The van der Waals surface area contributed by atoms with Crippen LogP contribution in [0.15, 0.2) is 21.9 Å². The van der Waals surface area contributed by atoms with Crippen LogP contribution in [0.4, 0.5) is 0 Å². The summed E-state index contributed by atoms with van der Waals surface area (Å²) in [5, 5.41) is 47.2. The summed E-state index contributed by atoms with van der Waals surface area (Å²) in [6.07, 6.45) is 6.44. The molecule has 0 saturated heterocycles. The minimum absolute atomic E-state index is 0.0249. The van der Waals surface area contributed by atoms with Crippen molar-refractivity contribution in [3.8, 4) is 5.75 Å². The second kappa shape index (κ2) is 23.1. The summed E-state index contributed by atoms with van der Waals surface area (Å²) >= 11 is 0. The maximum atomic E-state index is 12.6. The number of carbonyl (C=O) groups is 5. The van der Waals surface area contributed by atoms with Gasteiger partial charge in [-0.1, -0.05) is 58.8 Å². The second-order valence-electron chi connectivity index (χ2n) is 13.0. The topological polar surface area (TPSA) is 314 Å². The first-order valence-electron chi connectivity index (χ1n) is 17.1. The van der Waals surface area contributed by atoms with Gasteiger partial charge in [-0.15, -0.1) is 0 Å². The summed E-state index contributed by atoms with van der Waals surface area (Å²) < 4.78 is 75.4. The van der Waals surface area contributed by atoms with Crippen molar-refractivity contribution in [3.05, 3.63) is 17.7 Å². The van der Waals surface area contributed by atoms with E-state index >= 15 is 0 Å². The highest BCUT2D eigenvalue weighted by atomic mass is 32.2. The van der Waals surface area contributed by atoms with Crippen LogP contribution in [0.3, 0.4) is 0 Å². The Labute approximate surface area is 313 Å². The molecule has 0 aromatic heterocycles. The average Bonchev–Trinajstić information content (AvgIpc) is 3.00. The highest BCUT2D eigenvalue weighted by Gasteiger charge is 2.31. The van der Waals surface area contributed by atoms with Gasteiger partial charge in [0.25, 0.3) is 20.2 Å². The molecule has 2 atom stereocenters. The van der Waals surface area contributed by atoms with E-state index in [0.717, 1.165) is 59.3 Å². The van der Waals surface area contributed by atoms with Crippen molar-refractivity contribution >= 4 is 50.1 Å². The molecule has 0 radical (unpaired) electrons. The number of nitrogens with zero attached hydrogens (tertiary/aromatic N) is 3. The summed E-state index contributed by atoms with van der Waals surface area (Å²) in [4.78, 5) is 59.1. The summed E-state index contributed by atoms with van der Waals surface area (Å²) in [6, 6.07) is 0.0291. The summed E-state index contributed by atoms with van der Waals surface area (Å²) in [6.45, 7) is -2.17. The monoisotopic (exact) mass is 813 g/mol. The van der Waals surface area contributed by atoms with Gasteiger partial charge in [-0.05, 0) is 30.0 Å². The Morgan fingerprint density at radius 2 is 1.17 bits per heavy atom. The quantitative estimate of drug-likeness (QED) is 0.0424. The predicted octanol–water partition coefficient (Wildman–Crippen LogP) is 1.19. The molecule has 0 aliphatic rings. The molecule has 2 unspecified atom stereocenters. The van der Waals surface area contributed by atoms with Gasteiger partial charge >= 0.3 is 29.8 Å². The standard InChI is InChI=1S/C32H51N3O17S2/c1-3-4-5-6-7-8-9-22(2)12-23-13-25(53(46,47)48)14-26(54(49,50)51)32(23)52-21-24(35(19-30(42)43)20-31(44)45)15-33(16-27(36)37)10-11-34(17-28(38)39)18-29(40)41/h13-14,22,24H,3-12,15-21H2,1-2H3,(H,36,37)(H,38,39)(H,40,41)(H,42,43)(H,44,45)(H,46,47,48)(H,49,50,51). The minimum Gasteiger partial charge on any atom is -0.490 e. The van der Waals surface area contributed by atoms with Crippen LogP contribution in [0.25, 0.3) is 0 Å². The zero-order valence-corrected chi connectivity index (χ0v) is 31.8. The molecule has 20 nitrogen and oxygen atoms in total. The van der Waals surface area contributed by atoms with E-state index in [9.17, 15) is 75.4 Å². The fourth-order valence-electron chi connectivity index (χ4n) is 5.76. The van der Waals surface area contributed by atoms with E-state index < -0.39 is 118 Å². The molecular weight excluding hydrogens is 762 g/mol. The van der Waals surface area contributed by atoms with Crippen LogP contribution in [-0.2, 0) is 50.6 Å². The number of rotatable bonds is 30. The van der Waals surface area contributed by atoms with Crippen LogP contribution >= 0.6 is 0 Å². The first-order valence-corrected chi connectivity index (χ1v) is 19.9. The number of hydrogen-bond acceptors (Lipinski definition) is 13. The first kappa shape index (κ1) is 48.1. The first-order chi connectivity index (χ1) is 25.0. The lowest BCUT2D eigenvalue weighted by Gasteiger charge is -2.34. The molecule has 0 amide bonds. The number of unbranched alkanes of at least 4 members (excludes halogenated alkanes) is 5. The van der Waals surface area contributed by atoms with Crippen molar-refractivity contribution in [1.29, 1.82) is 0 Å². The van der Waals surface area contributed by atoms with E-state index in [0.29, 0.717) is 12.5 Å². The Bertz CT molecular complexity index is 1620. The average molecular weight is 814 g/mol. The maximum absolute atomic E-state index is 12.6. The van der Waals surface area contributed by atoms with E-state index in [1.807, 2.05) is 0 Å². The molecule has 0 bridgehead atoms. The van der Waals surface area contributed by atoms with Crippen LogP contribution in [0, 0.1) is 5.92 Å². The molecule has 0 aliphatic carbocycles. The smallest absolute Gasteiger partial charge is 0.317 e. The van der Waals surface area contributed by atoms with E-state index in [-0.39, 0.29) is 31.0 Å². The van der Waals surface area contributed by atoms with Crippen LogP contribution in [0.5, 0.6) is 5.75 Å². The SMILES string of the molecule is CCCCCCCCC(C)Cc1cc(S(=O)(=O)O)cc(S(=O)(=O)O)c1OCC(CN(CCN(CC(=O)O)CC(=O)O)CC(=O)O)N(CC(=O)O)CC(=O)O. The molecule has 0 fully saturated rings. The Hall–Kier alpha value is -3.93. The highest BCUT2D eigenvalue weighted by Crippen LogP contribution is 2.34. The van der Waals surface area contributed by atoms with Gasteiger partial charge in [0.2, 0.25) is 0 Å². The lowest BCUT2D eigenvalue weighted by molar-refractivity contribution is -0.144. The van der Waals surface area contributed by atoms with Crippen LogP contribution in [0.2, 0.25) is 0 Å². The highest BCUT2D eigenvalue weighted by molar-refractivity contribution is 7.86. The second-order valence-corrected chi connectivity index (χ2v) is 15.8. The number of carboxylic acid groups (broad SMARTS) is 5. The third-order valence-electron chi connectivity index (χ3n) is 8.19. The molecule has 1 aromatic rings. The number of ether oxygens (including phenoxy) is 1. The molecule has 0 saturated carbocycles. The summed E-state index contributed by atoms with van der Waals surface area (Å²) in [7, 11) is -10.3. The lowest BCUT2D eigenvalue weighted by Crippen LogP contribution is -2.52. The van der Waals surface area contributed by atoms with Crippen molar-refractivity contribution in [2.24, 2.45) is 5.92 Å². The number of carboxylic acids is 5. The van der Waals surface area contributed by atoms with Gasteiger partial charge in [-0.25, -0.2) is 0 Å². The molecule has 308 valence electrons. The molecular formula is C32H51N3O17S2. The third kappa shape index (κ3) is 19.4. The summed E-state index contributed by atoms with van der Waals surface area (Å²) in [5.74, 6) is -8.01. The van der Waals surface area contributed by atoms with E-state index in [4.69, 9.17) is 4.74 Å². The van der Waals surface area contributed by atoms with Crippen molar-refractivity contribution in [1.82, 2.24) is 14.7 Å². The Morgan fingerprint density at radius 3 is 1.65 bits per heavy atom. The zero-order chi connectivity index (χ0) is 41.2. The molecule has 1 rings (SSSR count). The molecule has 7 N–H and O–H groups in total. The fourth-order valence-corrected chi connectivity index (χ4v) is 7.09. The van der Waals surface area contributed by atoms with Crippen molar-refractivity contribution < 1.29 is 80.2 Å². The Kier molecular flexibility index (Phi) is 20.6. The Balaban J connectivity index is 3.71. The lowest BCUT2D eigenvalue weighted by atomic mass is 9.94. The molecule has 1 aromatic carbocycles. The predicted molar refractivity (Wildman–Crippen MR) is 189 cm³/mol. The third-order valence-corrected chi connectivity index (χ3v) is 9.88. The van der Waals surface area contributed by atoms with Gasteiger partial charge in [-0.3, -0.25) is 47.8 Å². The van der Waals surface area contributed by atoms with Crippen molar-refractivity contribution in [2.75, 3.05) is 59.0 Å². The number of hydrogen-bond donors (Lipinski definition) is 7.